The summed E-state index contributed by atoms with van der Waals surface area (Å²) in [4.78, 5) is 17.3. The predicted molar refractivity (Wildman–Crippen MR) is 105 cm³/mol. The average molecular weight is 374 g/mol. The third kappa shape index (κ3) is 3.93. The van der Waals surface area contributed by atoms with Crippen molar-refractivity contribution in [3.8, 4) is 17.1 Å². The van der Waals surface area contributed by atoms with Gasteiger partial charge in [-0.2, -0.15) is 0 Å². The van der Waals surface area contributed by atoms with Gasteiger partial charge in [0.2, 0.25) is 11.7 Å². The Labute approximate surface area is 158 Å². The van der Waals surface area contributed by atoms with E-state index in [9.17, 15) is 4.79 Å². The Hall–Kier alpha value is -2.27. The molecule has 0 bridgehead atoms. The number of hydrogen-bond acceptors (Lipinski definition) is 3. The van der Waals surface area contributed by atoms with Crippen LogP contribution < -0.4 is 10.3 Å². The van der Waals surface area contributed by atoms with Gasteiger partial charge in [-0.25, -0.2) is 4.98 Å². The van der Waals surface area contributed by atoms with Gasteiger partial charge in [0.25, 0.3) is 5.56 Å². The third-order valence-corrected chi connectivity index (χ3v) is 4.41. The standard InChI is InChI=1S/C20H24ClN3O2/c1-4-5-6-11-23-19(26-14(2)3)12-18(25)24-13-17(22-20(23)24)15-7-9-16(21)10-8-15/h7-10,12-14H,4-6,11H2,1-3H3. The van der Waals surface area contributed by atoms with Gasteiger partial charge in [-0.1, -0.05) is 43.5 Å². The molecule has 0 aliphatic rings. The molecule has 6 heteroatoms. The van der Waals surface area contributed by atoms with Gasteiger partial charge in [0, 0.05) is 23.3 Å². The van der Waals surface area contributed by atoms with Crippen LogP contribution in [0.3, 0.4) is 0 Å². The van der Waals surface area contributed by atoms with Crippen molar-refractivity contribution in [2.75, 3.05) is 0 Å². The molecule has 0 atom stereocenters. The van der Waals surface area contributed by atoms with E-state index in [-0.39, 0.29) is 11.7 Å². The van der Waals surface area contributed by atoms with E-state index in [0.29, 0.717) is 16.7 Å². The van der Waals surface area contributed by atoms with Gasteiger partial charge in [-0.3, -0.25) is 13.8 Å². The molecule has 0 amide bonds. The highest BCUT2D eigenvalue weighted by Gasteiger charge is 2.15. The van der Waals surface area contributed by atoms with Gasteiger partial charge >= 0.3 is 0 Å². The summed E-state index contributed by atoms with van der Waals surface area (Å²) in [6.45, 7) is 6.84. The van der Waals surface area contributed by atoms with Crippen LogP contribution in [0.5, 0.6) is 5.88 Å². The molecule has 0 unspecified atom stereocenters. The van der Waals surface area contributed by atoms with Crippen molar-refractivity contribution < 1.29 is 4.74 Å². The number of halogens is 1. The van der Waals surface area contributed by atoms with E-state index in [0.717, 1.165) is 37.1 Å². The Morgan fingerprint density at radius 3 is 2.58 bits per heavy atom. The Balaban J connectivity index is 2.12. The van der Waals surface area contributed by atoms with E-state index in [1.54, 1.807) is 16.7 Å². The largest absolute Gasteiger partial charge is 0.476 e. The third-order valence-electron chi connectivity index (χ3n) is 4.16. The molecule has 5 nitrogen and oxygen atoms in total. The van der Waals surface area contributed by atoms with Crippen LogP contribution >= 0.6 is 11.6 Å². The van der Waals surface area contributed by atoms with Crippen LogP contribution in [0.1, 0.15) is 40.0 Å². The van der Waals surface area contributed by atoms with Crippen molar-refractivity contribution in [1.29, 1.82) is 0 Å². The number of unbranched alkanes of at least 4 members (excludes halogenated alkanes) is 2. The van der Waals surface area contributed by atoms with E-state index >= 15 is 0 Å². The number of ether oxygens (including phenoxy) is 1. The summed E-state index contributed by atoms with van der Waals surface area (Å²) in [7, 11) is 0. The van der Waals surface area contributed by atoms with E-state index in [2.05, 4.69) is 6.92 Å². The van der Waals surface area contributed by atoms with Gasteiger partial charge in [-0.05, 0) is 32.4 Å². The van der Waals surface area contributed by atoms with Gasteiger partial charge in [0.15, 0.2) is 0 Å². The molecule has 0 aliphatic carbocycles. The summed E-state index contributed by atoms with van der Waals surface area (Å²) < 4.78 is 9.47. The zero-order valence-corrected chi connectivity index (χ0v) is 16.2. The average Bonchev–Trinajstić information content (AvgIpc) is 3.03. The van der Waals surface area contributed by atoms with Crippen molar-refractivity contribution in [2.24, 2.45) is 0 Å². The van der Waals surface area contributed by atoms with Crippen LogP contribution in [-0.4, -0.2) is 20.1 Å². The Kier molecular flexibility index (Phi) is 5.67. The van der Waals surface area contributed by atoms with E-state index in [4.69, 9.17) is 21.3 Å². The van der Waals surface area contributed by atoms with Crippen molar-refractivity contribution in [2.45, 2.75) is 52.7 Å². The maximum atomic E-state index is 12.6. The SMILES string of the molecule is CCCCCn1c(OC(C)C)cc(=O)n2cc(-c3ccc(Cl)cc3)nc12. The van der Waals surface area contributed by atoms with Crippen molar-refractivity contribution in [3.05, 3.63) is 51.9 Å². The van der Waals surface area contributed by atoms with Crippen molar-refractivity contribution in [3.63, 3.8) is 0 Å². The molecule has 0 radical (unpaired) electrons. The summed E-state index contributed by atoms with van der Waals surface area (Å²) in [5, 5.41) is 0.671. The van der Waals surface area contributed by atoms with Gasteiger partial charge < -0.3 is 4.74 Å². The fraction of sp³-hybridized carbons (Fsp3) is 0.400. The monoisotopic (exact) mass is 373 g/mol. The highest BCUT2D eigenvalue weighted by atomic mass is 35.5. The Morgan fingerprint density at radius 1 is 1.19 bits per heavy atom. The number of hydrogen-bond donors (Lipinski definition) is 0. The molecule has 0 spiro atoms. The molecule has 3 rings (SSSR count). The van der Waals surface area contributed by atoms with Crippen LogP contribution in [0, 0.1) is 0 Å². The van der Waals surface area contributed by atoms with Gasteiger partial charge in [-0.15, -0.1) is 0 Å². The lowest BCUT2D eigenvalue weighted by Crippen LogP contribution is -2.21. The van der Waals surface area contributed by atoms with Crippen LogP contribution in [0.4, 0.5) is 0 Å². The number of aromatic nitrogens is 3. The number of benzene rings is 1. The molecule has 3 aromatic rings. The zero-order chi connectivity index (χ0) is 18.7. The highest BCUT2D eigenvalue weighted by Crippen LogP contribution is 2.23. The molecule has 0 N–H and O–H groups in total. The number of rotatable bonds is 7. The van der Waals surface area contributed by atoms with E-state index in [1.165, 1.54) is 0 Å². The zero-order valence-electron chi connectivity index (χ0n) is 15.4. The summed E-state index contributed by atoms with van der Waals surface area (Å²) in [6.07, 6.45) is 5.01. The molecule has 2 heterocycles. The van der Waals surface area contributed by atoms with Gasteiger partial charge in [0.05, 0.1) is 17.9 Å². The quantitative estimate of drug-likeness (QED) is 0.559. The summed E-state index contributed by atoms with van der Waals surface area (Å²) in [5.74, 6) is 1.18. The first-order valence-electron chi connectivity index (χ1n) is 9.05. The lowest BCUT2D eigenvalue weighted by molar-refractivity contribution is 0.219. The minimum absolute atomic E-state index is 0.0139. The second-order valence-corrected chi connectivity index (χ2v) is 7.09. The molecule has 1 aromatic carbocycles. The number of imidazole rings is 1. The first-order valence-corrected chi connectivity index (χ1v) is 9.43. The topological polar surface area (TPSA) is 48.5 Å². The van der Waals surface area contributed by atoms with E-state index in [1.807, 2.05) is 42.7 Å². The minimum Gasteiger partial charge on any atom is -0.476 e. The van der Waals surface area contributed by atoms with Crippen molar-refractivity contribution in [1.82, 2.24) is 14.0 Å². The predicted octanol–water partition coefficient (Wildman–Crippen LogP) is 4.79. The lowest BCUT2D eigenvalue weighted by atomic mass is 10.2. The van der Waals surface area contributed by atoms with Crippen LogP contribution in [0.15, 0.2) is 41.3 Å². The summed E-state index contributed by atoms with van der Waals surface area (Å²) in [5.41, 5.74) is 1.52. The number of fused-ring (bicyclic) bond motifs is 1. The second kappa shape index (κ2) is 7.96. The summed E-state index contributed by atoms with van der Waals surface area (Å²) in [6, 6.07) is 9.00. The van der Waals surface area contributed by atoms with Crippen LogP contribution in [-0.2, 0) is 6.54 Å². The fourth-order valence-corrected chi connectivity index (χ4v) is 3.03. The maximum absolute atomic E-state index is 12.6. The van der Waals surface area contributed by atoms with Gasteiger partial charge in [0.1, 0.15) is 0 Å². The Bertz CT molecular complexity index is 942. The Morgan fingerprint density at radius 2 is 1.92 bits per heavy atom. The lowest BCUT2D eigenvalue weighted by Gasteiger charge is -2.17. The molecule has 2 aromatic heterocycles. The summed E-state index contributed by atoms with van der Waals surface area (Å²) >= 11 is 5.97. The normalized spacial score (nSPS) is 11.4. The first kappa shape index (κ1) is 18.5. The second-order valence-electron chi connectivity index (χ2n) is 6.65. The molecule has 0 saturated carbocycles. The number of aryl methyl sites for hydroxylation is 1. The fourth-order valence-electron chi connectivity index (χ4n) is 2.90. The number of nitrogens with zero attached hydrogens (tertiary/aromatic N) is 3. The molecule has 0 saturated heterocycles. The molecular formula is C20H24ClN3O2. The van der Waals surface area contributed by atoms with Crippen LogP contribution in [0.2, 0.25) is 5.02 Å². The molecule has 26 heavy (non-hydrogen) atoms. The first-order chi connectivity index (χ1) is 12.5. The van der Waals surface area contributed by atoms with E-state index < -0.39 is 0 Å². The minimum atomic E-state index is -0.143. The highest BCUT2D eigenvalue weighted by molar-refractivity contribution is 6.30. The molecule has 0 fully saturated rings. The van der Waals surface area contributed by atoms with Crippen LogP contribution in [0.25, 0.3) is 17.0 Å². The molecular weight excluding hydrogens is 350 g/mol. The molecule has 0 aliphatic heterocycles. The maximum Gasteiger partial charge on any atom is 0.262 e. The smallest absolute Gasteiger partial charge is 0.262 e. The van der Waals surface area contributed by atoms with Crippen molar-refractivity contribution >= 4 is 17.4 Å². The molecule has 138 valence electrons.